The van der Waals surface area contributed by atoms with Gasteiger partial charge in [-0.3, -0.25) is 9.78 Å². The number of halogens is 6. The molecule has 1 aromatic heterocycles. The van der Waals surface area contributed by atoms with E-state index < -0.39 is 59.4 Å². The highest BCUT2D eigenvalue weighted by atomic mass is 35.5. The van der Waals surface area contributed by atoms with Crippen LogP contribution in [0.5, 0.6) is 0 Å². The van der Waals surface area contributed by atoms with Crippen molar-refractivity contribution in [1.29, 1.82) is 0 Å². The molecule has 1 aliphatic carbocycles. The Bertz CT molecular complexity index is 1300. The molecule has 0 aliphatic heterocycles. The smallest absolute Gasteiger partial charge is 0.335 e. The number of nitrogens with one attached hydrogen (secondary N) is 1. The summed E-state index contributed by atoms with van der Waals surface area (Å²) >= 11 is 5.78. The van der Waals surface area contributed by atoms with Crippen LogP contribution in [0, 0.1) is 17.7 Å². The number of aromatic nitrogens is 1. The Kier molecular flexibility index (Phi) is 7.77. The third-order valence-corrected chi connectivity index (χ3v) is 6.64. The van der Waals surface area contributed by atoms with Crippen LogP contribution < -0.4 is 5.32 Å². The van der Waals surface area contributed by atoms with Crippen molar-refractivity contribution in [1.82, 2.24) is 4.98 Å². The second-order valence-corrected chi connectivity index (χ2v) is 9.16. The lowest BCUT2D eigenvalue weighted by molar-refractivity contribution is -0.118. The van der Waals surface area contributed by atoms with Crippen LogP contribution >= 0.6 is 11.6 Å². The quantitative estimate of drug-likeness (QED) is 0.283. The molecule has 194 valence electrons. The van der Waals surface area contributed by atoms with Gasteiger partial charge in [0.2, 0.25) is 12.3 Å². The summed E-state index contributed by atoms with van der Waals surface area (Å²) in [6, 6.07) is 10.1. The zero-order valence-electron chi connectivity index (χ0n) is 19.0. The van der Waals surface area contributed by atoms with Crippen molar-refractivity contribution in [3.05, 3.63) is 82.4 Å². The minimum absolute atomic E-state index is 0.0133. The van der Waals surface area contributed by atoms with Gasteiger partial charge in [-0.15, -0.1) is 0 Å². The summed E-state index contributed by atoms with van der Waals surface area (Å²) in [5.74, 6) is -4.96. The number of nitrogens with zero attached hydrogens (tertiary/aromatic N) is 1. The van der Waals surface area contributed by atoms with Gasteiger partial charge in [-0.25, -0.2) is 26.7 Å². The zero-order valence-corrected chi connectivity index (χ0v) is 19.7. The van der Waals surface area contributed by atoms with Crippen LogP contribution in [0.15, 0.2) is 54.7 Å². The summed E-state index contributed by atoms with van der Waals surface area (Å²) in [6.45, 7) is 0. The van der Waals surface area contributed by atoms with Crippen LogP contribution in [0.25, 0.3) is 11.1 Å². The fourth-order valence-electron chi connectivity index (χ4n) is 4.24. The average Bonchev–Trinajstić information content (AvgIpc) is 3.64. The molecule has 1 amide bonds. The molecule has 3 aromatic rings. The minimum Gasteiger partial charge on any atom is -0.478 e. The number of amides is 1. The molecule has 1 fully saturated rings. The largest absolute Gasteiger partial charge is 0.478 e. The van der Waals surface area contributed by atoms with E-state index >= 15 is 0 Å². The Morgan fingerprint density at radius 1 is 1.05 bits per heavy atom. The van der Waals surface area contributed by atoms with Gasteiger partial charge >= 0.3 is 5.97 Å². The molecule has 5 nitrogen and oxygen atoms in total. The Labute approximate surface area is 213 Å². The predicted molar refractivity (Wildman–Crippen MR) is 127 cm³/mol. The first kappa shape index (κ1) is 26.5. The van der Waals surface area contributed by atoms with Crippen LogP contribution in [0.3, 0.4) is 0 Å². The van der Waals surface area contributed by atoms with Gasteiger partial charge < -0.3 is 10.4 Å². The number of alkyl halides is 4. The Balaban J connectivity index is 1.62. The molecule has 0 radical (unpaired) electrons. The molecule has 0 bridgehead atoms. The van der Waals surface area contributed by atoms with Crippen molar-refractivity contribution in [3.8, 4) is 11.1 Å². The second-order valence-electron chi connectivity index (χ2n) is 8.75. The Morgan fingerprint density at radius 2 is 1.76 bits per heavy atom. The van der Waals surface area contributed by atoms with Crippen LogP contribution in [-0.4, -0.2) is 28.4 Å². The number of hydrogen-bond donors (Lipinski definition) is 2. The number of carbonyl (C=O) groups excluding carboxylic acids is 1. The number of rotatable bonds is 9. The summed E-state index contributed by atoms with van der Waals surface area (Å²) in [4.78, 5) is 28.4. The molecule has 3 atom stereocenters. The standard InChI is InChI=1S/C26H20ClF5N2O3/c27-19-7-6-16(23(29)30)21(22(19)28)13-3-8-20(33-11-13)18(10-14-9-17(14)24(31)32)25(35)34-15-4-1-12(2-5-15)26(36)37/h1-8,11,14,17-18,23-24H,9-10H2,(H,34,35)(H,36,37). The van der Waals surface area contributed by atoms with Crippen LogP contribution in [-0.2, 0) is 4.79 Å². The van der Waals surface area contributed by atoms with E-state index in [4.69, 9.17) is 16.7 Å². The van der Waals surface area contributed by atoms with Gasteiger partial charge in [0.15, 0.2) is 0 Å². The van der Waals surface area contributed by atoms with Gasteiger partial charge in [-0.1, -0.05) is 23.7 Å². The normalized spacial score (nSPS) is 17.6. The molecule has 0 saturated heterocycles. The summed E-state index contributed by atoms with van der Waals surface area (Å²) in [5.41, 5.74) is -0.487. The molecule has 0 spiro atoms. The number of carboxylic acids is 1. The molecule has 2 aromatic carbocycles. The maximum Gasteiger partial charge on any atom is 0.335 e. The number of anilines is 1. The first-order chi connectivity index (χ1) is 17.6. The highest BCUT2D eigenvalue weighted by molar-refractivity contribution is 6.31. The van der Waals surface area contributed by atoms with E-state index in [0.29, 0.717) is 5.69 Å². The lowest BCUT2D eigenvalue weighted by Gasteiger charge is -2.18. The second kappa shape index (κ2) is 10.8. The van der Waals surface area contributed by atoms with E-state index in [2.05, 4.69) is 10.3 Å². The van der Waals surface area contributed by atoms with Gasteiger partial charge in [0, 0.05) is 34.5 Å². The Hall–Kier alpha value is -3.53. The van der Waals surface area contributed by atoms with E-state index in [1.54, 1.807) is 0 Å². The number of hydrogen-bond acceptors (Lipinski definition) is 3. The summed E-state index contributed by atoms with van der Waals surface area (Å²) in [6.07, 6.45) is -4.05. The molecule has 4 rings (SSSR count). The van der Waals surface area contributed by atoms with E-state index in [-0.39, 0.29) is 34.7 Å². The third-order valence-electron chi connectivity index (χ3n) is 6.35. The zero-order chi connectivity index (χ0) is 26.9. The van der Waals surface area contributed by atoms with Gasteiger partial charge in [0.05, 0.1) is 22.2 Å². The lowest BCUT2D eigenvalue weighted by Crippen LogP contribution is -2.23. The maximum atomic E-state index is 14.7. The highest BCUT2D eigenvalue weighted by Crippen LogP contribution is 2.48. The van der Waals surface area contributed by atoms with Crippen molar-refractivity contribution in [2.24, 2.45) is 11.8 Å². The van der Waals surface area contributed by atoms with Crippen LogP contribution in [0.2, 0.25) is 5.02 Å². The molecule has 1 heterocycles. The fourth-order valence-corrected chi connectivity index (χ4v) is 4.40. The number of aromatic carboxylic acids is 1. The van der Waals surface area contributed by atoms with Crippen molar-refractivity contribution in [2.75, 3.05) is 5.32 Å². The van der Waals surface area contributed by atoms with E-state index in [1.807, 2.05) is 0 Å². The monoisotopic (exact) mass is 538 g/mol. The molecule has 11 heteroatoms. The van der Waals surface area contributed by atoms with Gasteiger partial charge in [-0.05, 0) is 55.2 Å². The van der Waals surface area contributed by atoms with Crippen molar-refractivity contribution in [2.45, 2.75) is 31.6 Å². The van der Waals surface area contributed by atoms with Crippen molar-refractivity contribution < 1.29 is 36.6 Å². The molecule has 1 aliphatic rings. The van der Waals surface area contributed by atoms with E-state index in [9.17, 15) is 31.5 Å². The molecule has 1 saturated carbocycles. The molecular formula is C26H20ClF5N2O3. The van der Waals surface area contributed by atoms with Gasteiger partial charge in [0.25, 0.3) is 6.43 Å². The van der Waals surface area contributed by atoms with Crippen molar-refractivity contribution in [3.63, 3.8) is 0 Å². The number of benzene rings is 2. The summed E-state index contributed by atoms with van der Waals surface area (Å²) in [5, 5.41) is 11.3. The molecule has 37 heavy (non-hydrogen) atoms. The SMILES string of the molecule is O=C(O)c1ccc(NC(=O)C(CC2CC2C(F)F)c2ccc(-c3c(C(F)F)ccc(Cl)c3F)cn2)cc1. The third kappa shape index (κ3) is 5.90. The highest BCUT2D eigenvalue weighted by Gasteiger charge is 2.46. The number of carboxylic acid groups (broad SMARTS) is 1. The molecule has 3 unspecified atom stereocenters. The number of pyridine rings is 1. The maximum absolute atomic E-state index is 14.7. The average molecular weight is 539 g/mol. The van der Waals surface area contributed by atoms with Crippen molar-refractivity contribution >= 4 is 29.2 Å². The van der Waals surface area contributed by atoms with Gasteiger partial charge in [0.1, 0.15) is 5.82 Å². The van der Waals surface area contributed by atoms with Gasteiger partial charge in [-0.2, -0.15) is 0 Å². The van der Waals surface area contributed by atoms with Crippen LogP contribution in [0.1, 0.15) is 46.8 Å². The van der Waals surface area contributed by atoms with Crippen LogP contribution in [0.4, 0.5) is 27.6 Å². The fraction of sp³-hybridized carbons (Fsp3) is 0.269. The topological polar surface area (TPSA) is 79.3 Å². The first-order valence-electron chi connectivity index (χ1n) is 11.2. The summed E-state index contributed by atoms with van der Waals surface area (Å²) in [7, 11) is 0. The lowest BCUT2D eigenvalue weighted by atomic mass is 9.94. The van der Waals surface area contributed by atoms with E-state index in [1.165, 1.54) is 36.4 Å². The molecular weight excluding hydrogens is 519 g/mol. The molecule has 2 N–H and O–H groups in total. The summed E-state index contributed by atoms with van der Waals surface area (Å²) < 4.78 is 67.9. The predicted octanol–water partition coefficient (Wildman–Crippen LogP) is 7.19. The van der Waals surface area contributed by atoms with E-state index in [0.717, 1.165) is 18.3 Å². The number of carbonyl (C=O) groups is 2. The Morgan fingerprint density at radius 3 is 2.30 bits per heavy atom. The first-order valence-corrected chi connectivity index (χ1v) is 11.6. The minimum atomic E-state index is -2.98.